The monoisotopic (exact) mass is 298 g/mol. The standard InChI is InChI=1S/C21H30O/c1-4-14-11-19-17-6-5-15-12-16(22)7-10-21(15,3)18(17)8-9-20(19,2)13-14/h12-13,17-19H,4-11H2,1-3H3/t17-,18+,19+,20-,21+/m1/s1. The van der Waals surface area contributed by atoms with Gasteiger partial charge in [-0.1, -0.05) is 38.0 Å². The third-order valence-electron chi connectivity index (χ3n) is 7.87. The summed E-state index contributed by atoms with van der Waals surface area (Å²) in [5, 5.41) is 0. The van der Waals surface area contributed by atoms with Gasteiger partial charge >= 0.3 is 0 Å². The van der Waals surface area contributed by atoms with Crippen LogP contribution in [-0.2, 0) is 4.79 Å². The van der Waals surface area contributed by atoms with Crippen LogP contribution in [0.3, 0.4) is 0 Å². The molecule has 0 aliphatic heterocycles. The van der Waals surface area contributed by atoms with Crippen LogP contribution < -0.4 is 0 Å². The van der Waals surface area contributed by atoms with Crippen LogP contribution in [0.15, 0.2) is 23.3 Å². The summed E-state index contributed by atoms with van der Waals surface area (Å²) in [6.07, 6.45) is 14.4. The number of fused-ring (bicyclic) bond motifs is 5. The Kier molecular flexibility index (Phi) is 3.23. The topological polar surface area (TPSA) is 17.1 Å². The highest BCUT2D eigenvalue weighted by atomic mass is 16.1. The number of carbonyl (C=O) groups excluding carboxylic acids is 1. The van der Waals surface area contributed by atoms with Crippen LogP contribution in [0.25, 0.3) is 0 Å². The summed E-state index contributed by atoms with van der Waals surface area (Å²) in [5.74, 6) is 2.96. The van der Waals surface area contributed by atoms with E-state index in [4.69, 9.17) is 0 Å². The molecular weight excluding hydrogens is 268 g/mol. The molecule has 0 aromatic rings. The van der Waals surface area contributed by atoms with E-state index >= 15 is 0 Å². The summed E-state index contributed by atoms with van der Waals surface area (Å²) >= 11 is 0. The molecule has 0 radical (unpaired) electrons. The van der Waals surface area contributed by atoms with Gasteiger partial charge in [0.15, 0.2) is 5.78 Å². The summed E-state index contributed by atoms with van der Waals surface area (Å²) in [4.78, 5) is 11.9. The van der Waals surface area contributed by atoms with Crippen molar-refractivity contribution in [1.29, 1.82) is 0 Å². The minimum absolute atomic E-state index is 0.327. The second-order valence-corrected chi connectivity index (χ2v) is 8.87. The summed E-state index contributed by atoms with van der Waals surface area (Å²) in [7, 11) is 0. The van der Waals surface area contributed by atoms with E-state index in [0.29, 0.717) is 16.6 Å². The summed E-state index contributed by atoms with van der Waals surface area (Å²) in [6, 6.07) is 0. The SMILES string of the molecule is CCC1=C[C@@]2(C)CC[C@H]3[C@@H](CCC4=CC(=O)CC[C@@]43C)[C@@H]2C1. The highest BCUT2D eigenvalue weighted by Crippen LogP contribution is 2.64. The third-order valence-corrected chi connectivity index (χ3v) is 7.87. The molecule has 22 heavy (non-hydrogen) atoms. The van der Waals surface area contributed by atoms with Crippen molar-refractivity contribution in [2.75, 3.05) is 0 Å². The molecule has 0 spiro atoms. The normalized spacial score (nSPS) is 47.2. The first-order chi connectivity index (χ1) is 10.5. The maximum atomic E-state index is 11.9. The first kappa shape index (κ1) is 14.7. The van der Waals surface area contributed by atoms with E-state index in [0.717, 1.165) is 30.6 Å². The van der Waals surface area contributed by atoms with E-state index < -0.39 is 0 Å². The smallest absolute Gasteiger partial charge is 0.155 e. The second kappa shape index (κ2) is 4.82. The van der Waals surface area contributed by atoms with Crippen LogP contribution in [0.4, 0.5) is 0 Å². The number of carbonyl (C=O) groups is 1. The van der Waals surface area contributed by atoms with Crippen LogP contribution in [0.2, 0.25) is 0 Å². The molecule has 120 valence electrons. The average Bonchev–Trinajstić information content (AvgIpc) is 2.85. The minimum Gasteiger partial charge on any atom is -0.295 e. The van der Waals surface area contributed by atoms with Crippen molar-refractivity contribution in [3.63, 3.8) is 0 Å². The molecule has 2 saturated carbocycles. The Morgan fingerprint density at radius 2 is 1.95 bits per heavy atom. The maximum absolute atomic E-state index is 11.9. The zero-order valence-corrected chi connectivity index (χ0v) is 14.5. The number of ketones is 1. The van der Waals surface area contributed by atoms with Crippen LogP contribution in [0, 0.1) is 28.6 Å². The van der Waals surface area contributed by atoms with Crippen LogP contribution in [-0.4, -0.2) is 5.78 Å². The van der Waals surface area contributed by atoms with Crippen LogP contribution >= 0.6 is 0 Å². The lowest BCUT2D eigenvalue weighted by molar-refractivity contribution is -0.117. The highest BCUT2D eigenvalue weighted by molar-refractivity contribution is 5.91. The Morgan fingerprint density at radius 1 is 1.14 bits per heavy atom. The van der Waals surface area contributed by atoms with Gasteiger partial charge in [-0.15, -0.1) is 0 Å². The molecule has 4 aliphatic rings. The first-order valence-corrected chi connectivity index (χ1v) is 9.41. The van der Waals surface area contributed by atoms with Crippen LogP contribution in [0.1, 0.15) is 72.1 Å². The Balaban J connectivity index is 1.67. The van der Waals surface area contributed by atoms with Crippen molar-refractivity contribution in [2.24, 2.45) is 28.6 Å². The Bertz CT molecular complexity index is 568. The molecule has 5 atom stereocenters. The van der Waals surface area contributed by atoms with E-state index in [9.17, 15) is 4.79 Å². The lowest BCUT2D eigenvalue weighted by Crippen LogP contribution is -2.49. The zero-order valence-electron chi connectivity index (χ0n) is 14.5. The fourth-order valence-corrected chi connectivity index (χ4v) is 6.52. The molecule has 2 fully saturated rings. The van der Waals surface area contributed by atoms with Crippen molar-refractivity contribution in [2.45, 2.75) is 72.1 Å². The Morgan fingerprint density at radius 3 is 2.73 bits per heavy atom. The van der Waals surface area contributed by atoms with Crippen molar-refractivity contribution in [3.05, 3.63) is 23.3 Å². The summed E-state index contributed by atoms with van der Waals surface area (Å²) < 4.78 is 0. The molecular formula is C21H30O. The Labute approximate surface area is 135 Å². The number of rotatable bonds is 1. The molecule has 0 aromatic carbocycles. The van der Waals surface area contributed by atoms with Crippen molar-refractivity contribution >= 4 is 5.78 Å². The predicted molar refractivity (Wildman–Crippen MR) is 90.5 cm³/mol. The molecule has 0 amide bonds. The van der Waals surface area contributed by atoms with Gasteiger partial charge in [-0.25, -0.2) is 0 Å². The molecule has 4 aliphatic carbocycles. The third kappa shape index (κ3) is 1.93. The van der Waals surface area contributed by atoms with Gasteiger partial charge < -0.3 is 0 Å². The molecule has 1 nitrogen and oxygen atoms in total. The second-order valence-electron chi connectivity index (χ2n) is 8.87. The molecule has 0 aromatic heterocycles. The highest BCUT2D eigenvalue weighted by Gasteiger charge is 2.55. The van der Waals surface area contributed by atoms with Gasteiger partial charge in [0.25, 0.3) is 0 Å². The molecule has 0 bridgehead atoms. The molecule has 0 saturated heterocycles. The van der Waals surface area contributed by atoms with E-state index in [2.05, 4.69) is 26.8 Å². The van der Waals surface area contributed by atoms with E-state index in [1.807, 2.05) is 6.08 Å². The number of hydrogen-bond donors (Lipinski definition) is 0. The lowest BCUT2D eigenvalue weighted by Gasteiger charge is -2.57. The first-order valence-electron chi connectivity index (χ1n) is 9.41. The van der Waals surface area contributed by atoms with E-state index in [-0.39, 0.29) is 0 Å². The zero-order chi connectivity index (χ0) is 15.5. The lowest BCUT2D eigenvalue weighted by atomic mass is 9.47. The fraction of sp³-hybridized carbons (Fsp3) is 0.762. The fourth-order valence-electron chi connectivity index (χ4n) is 6.52. The summed E-state index contributed by atoms with van der Waals surface area (Å²) in [5.41, 5.74) is 4.00. The molecule has 0 unspecified atom stereocenters. The van der Waals surface area contributed by atoms with E-state index in [1.54, 1.807) is 5.57 Å². The van der Waals surface area contributed by atoms with Crippen molar-refractivity contribution in [1.82, 2.24) is 0 Å². The van der Waals surface area contributed by atoms with Gasteiger partial charge in [0.1, 0.15) is 0 Å². The minimum atomic E-state index is 0.327. The van der Waals surface area contributed by atoms with Gasteiger partial charge in [-0.05, 0) is 79.6 Å². The van der Waals surface area contributed by atoms with E-state index in [1.165, 1.54) is 44.1 Å². The van der Waals surface area contributed by atoms with Gasteiger partial charge in [0.05, 0.1) is 0 Å². The van der Waals surface area contributed by atoms with Gasteiger partial charge in [-0.2, -0.15) is 0 Å². The Hall–Kier alpha value is -0.850. The van der Waals surface area contributed by atoms with Crippen molar-refractivity contribution in [3.8, 4) is 0 Å². The van der Waals surface area contributed by atoms with Gasteiger partial charge in [0, 0.05) is 6.42 Å². The average molecular weight is 298 g/mol. The number of hydrogen-bond acceptors (Lipinski definition) is 1. The molecule has 4 rings (SSSR count). The van der Waals surface area contributed by atoms with Crippen LogP contribution in [0.5, 0.6) is 0 Å². The maximum Gasteiger partial charge on any atom is 0.155 e. The predicted octanol–water partition coefficient (Wildman–Crippen LogP) is 5.46. The van der Waals surface area contributed by atoms with Crippen molar-refractivity contribution < 1.29 is 4.79 Å². The molecule has 1 heteroatoms. The molecule has 0 N–H and O–H groups in total. The largest absolute Gasteiger partial charge is 0.295 e. The molecule has 0 heterocycles. The summed E-state index contributed by atoms with van der Waals surface area (Å²) in [6.45, 7) is 7.32. The van der Waals surface area contributed by atoms with Gasteiger partial charge in [0.2, 0.25) is 0 Å². The quantitative estimate of drug-likeness (QED) is 0.587. The van der Waals surface area contributed by atoms with Gasteiger partial charge in [-0.3, -0.25) is 4.79 Å². The number of allylic oxidation sites excluding steroid dienone is 4.